The molecular weight excluding hydrogens is 761 g/mol. The molecule has 0 bridgehead atoms. The summed E-state index contributed by atoms with van der Waals surface area (Å²) in [6.07, 6.45) is -18.1. The van der Waals surface area contributed by atoms with Crippen LogP contribution in [0.5, 0.6) is 5.75 Å². The van der Waals surface area contributed by atoms with E-state index < -0.39 is 95.4 Å². The average molecular weight is 779 g/mol. The largest absolute Gasteiger partial charge is 0.573 e. The number of nitriles is 1. The summed E-state index contributed by atoms with van der Waals surface area (Å²) in [5, 5.41) is 20.7. The van der Waals surface area contributed by atoms with Crippen LogP contribution in [0.15, 0.2) is 42.7 Å². The summed E-state index contributed by atoms with van der Waals surface area (Å²) in [6, 6.07) is 4.85. The monoisotopic (exact) mass is 778 g/mol. The van der Waals surface area contributed by atoms with Crippen LogP contribution in [0.25, 0.3) is 16.8 Å². The second kappa shape index (κ2) is 13.7. The Hall–Kier alpha value is -4.77. The van der Waals surface area contributed by atoms with Gasteiger partial charge < -0.3 is 14.6 Å². The maximum absolute atomic E-state index is 14.8. The quantitative estimate of drug-likeness (QED) is 0.118. The van der Waals surface area contributed by atoms with Gasteiger partial charge >= 0.3 is 36.3 Å². The number of esters is 1. The van der Waals surface area contributed by atoms with E-state index in [9.17, 15) is 63.5 Å². The SMILES string of the molecule is N#CC1(N(COC(=O)CCC(=O)O)C(=O)c2cc(-c3cnn(-c4c(Cl)cc(C(F)(C(F)(F)F)C(F)(F)F)cc4OC(F)(F)F)c3)ccc2Cl)CC1. The number of carboxylic acids is 1. The number of aliphatic carboxylic acids is 1. The van der Waals surface area contributed by atoms with Crippen molar-refractivity contribution in [3.8, 4) is 28.6 Å². The van der Waals surface area contributed by atoms with Gasteiger partial charge in [0, 0.05) is 17.3 Å². The Labute approximate surface area is 288 Å². The minimum atomic E-state index is -6.70. The molecule has 0 unspecified atom stereocenters. The second-order valence-electron chi connectivity index (χ2n) is 10.8. The molecule has 1 aliphatic carbocycles. The van der Waals surface area contributed by atoms with Crippen molar-refractivity contribution in [3.05, 3.63) is 63.9 Å². The molecule has 1 heterocycles. The smallest absolute Gasteiger partial charge is 0.481 e. The number of aromatic nitrogens is 2. The van der Waals surface area contributed by atoms with E-state index in [-0.39, 0.29) is 40.6 Å². The van der Waals surface area contributed by atoms with Crippen LogP contribution >= 0.6 is 23.2 Å². The van der Waals surface area contributed by atoms with E-state index in [2.05, 4.69) is 9.84 Å². The number of benzene rings is 2. The molecule has 1 N–H and O–H groups in total. The topological polar surface area (TPSA) is 135 Å². The van der Waals surface area contributed by atoms with Gasteiger partial charge in [0.15, 0.2) is 12.5 Å². The Bertz CT molecular complexity index is 1890. The highest BCUT2D eigenvalue weighted by atomic mass is 35.5. The van der Waals surface area contributed by atoms with Crippen molar-refractivity contribution in [1.82, 2.24) is 14.7 Å². The van der Waals surface area contributed by atoms with Gasteiger partial charge in [0.25, 0.3) is 5.91 Å². The third-order valence-corrected chi connectivity index (χ3v) is 7.98. The Balaban J connectivity index is 1.74. The summed E-state index contributed by atoms with van der Waals surface area (Å²) in [4.78, 5) is 37.3. The summed E-state index contributed by atoms with van der Waals surface area (Å²) >= 11 is 12.1. The van der Waals surface area contributed by atoms with E-state index in [0.29, 0.717) is 4.68 Å². The van der Waals surface area contributed by atoms with Crippen molar-refractivity contribution in [2.75, 3.05) is 6.73 Å². The highest BCUT2D eigenvalue weighted by Crippen LogP contribution is 2.55. The maximum atomic E-state index is 14.8. The first-order valence-corrected chi connectivity index (χ1v) is 14.6. The molecular formula is C29H18Cl2F10N4O6. The summed E-state index contributed by atoms with van der Waals surface area (Å²) in [7, 11) is 0. The summed E-state index contributed by atoms with van der Waals surface area (Å²) in [6.45, 7) is -0.775. The van der Waals surface area contributed by atoms with Gasteiger partial charge in [-0.2, -0.15) is 36.7 Å². The van der Waals surface area contributed by atoms with Gasteiger partial charge in [0.1, 0.15) is 11.2 Å². The summed E-state index contributed by atoms with van der Waals surface area (Å²) < 4.78 is 144. The zero-order valence-corrected chi connectivity index (χ0v) is 26.4. The normalized spacial score (nSPS) is 14.4. The lowest BCUT2D eigenvalue weighted by Gasteiger charge is -2.31. The zero-order valence-electron chi connectivity index (χ0n) is 24.9. The molecule has 1 aliphatic rings. The first kappa shape index (κ1) is 39.0. The lowest BCUT2D eigenvalue weighted by molar-refractivity contribution is -0.348. The third-order valence-electron chi connectivity index (χ3n) is 7.37. The molecule has 1 amide bonds. The van der Waals surface area contributed by atoms with E-state index in [1.165, 1.54) is 12.1 Å². The number of nitrogens with zero attached hydrogens (tertiary/aromatic N) is 4. The maximum Gasteiger partial charge on any atom is 0.573 e. The summed E-state index contributed by atoms with van der Waals surface area (Å²) in [5.74, 6) is -5.02. The molecule has 0 radical (unpaired) electrons. The van der Waals surface area contributed by atoms with Gasteiger partial charge in [-0.1, -0.05) is 29.3 Å². The van der Waals surface area contributed by atoms with Crippen LogP contribution in [0.4, 0.5) is 43.9 Å². The Morgan fingerprint density at radius 1 is 0.941 bits per heavy atom. The second-order valence-corrected chi connectivity index (χ2v) is 11.6. The number of carbonyl (C=O) groups is 3. The number of alkyl halides is 10. The molecule has 0 aliphatic heterocycles. The van der Waals surface area contributed by atoms with Crippen molar-refractivity contribution in [1.29, 1.82) is 5.26 Å². The van der Waals surface area contributed by atoms with E-state index in [0.717, 1.165) is 23.4 Å². The number of carbonyl (C=O) groups excluding carboxylic acids is 2. The van der Waals surface area contributed by atoms with Crippen LogP contribution in [-0.2, 0) is 20.0 Å². The highest BCUT2D eigenvalue weighted by molar-refractivity contribution is 6.34. The van der Waals surface area contributed by atoms with Gasteiger partial charge in [-0.05, 0) is 42.7 Å². The third kappa shape index (κ3) is 8.09. The van der Waals surface area contributed by atoms with Gasteiger partial charge in [-0.15, -0.1) is 13.2 Å². The molecule has 3 aromatic rings. The summed E-state index contributed by atoms with van der Waals surface area (Å²) in [5.41, 5.74) is -11.3. The van der Waals surface area contributed by atoms with Crippen LogP contribution in [0, 0.1) is 11.3 Å². The van der Waals surface area contributed by atoms with Gasteiger partial charge in [0.05, 0.1) is 40.7 Å². The average Bonchev–Trinajstić information content (AvgIpc) is 3.65. The number of hydrogen-bond acceptors (Lipinski definition) is 7. The van der Waals surface area contributed by atoms with Crippen molar-refractivity contribution in [3.63, 3.8) is 0 Å². The molecule has 10 nitrogen and oxygen atoms in total. The molecule has 1 aromatic heterocycles. The lowest BCUT2D eigenvalue weighted by Crippen LogP contribution is -2.50. The zero-order chi connectivity index (χ0) is 38.3. The molecule has 0 spiro atoms. The molecule has 4 rings (SSSR count). The number of halogens is 12. The van der Waals surface area contributed by atoms with Crippen LogP contribution < -0.4 is 4.74 Å². The minimum absolute atomic E-state index is 0.0390. The van der Waals surface area contributed by atoms with Gasteiger partial charge in [-0.3, -0.25) is 19.3 Å². The van der Waals surface area contributed by atoms with E-state index in [1.54, 1.807) is 0 Å². The van der Waals surface area contributed by atoms with E-state index in [4.69, 9.17) is 33.0 Å². The first-order chi connectivity index (χ1) is 23.4. The standard InChI is InChI=1S/C29H18Cl2F10N4O6/c30-18-2-1-14(7-17(18)24(49)44(25(12-42)5-6-25)13-50-22(48)4-3-21(46)47)15-10-43-45(11-15)23-19(31)8-16(9-20(23)51-29(39,40)41)26(32,27(33,34)35)28(36,37)38/h1-2,7-11H,3-6,13H2,(H,46,47). The van der Waals surface area contributed by atoms with Crippen LogP contribution in [0.2, 0.25) is 10.0 Å². The number of carboxylic acid groups (broad SMARTS) is 1. The number of ether oxygens (including phenoxy) is 2. The molecule has 0 saturated heterocycles. The van der Waals surface area contributed by atoms with Crippen molar-refractivity contribution >= 4 is 41.0 Å². The van der Waals surface area contributed by atoms with Crippen molar-refractivity contribution in [2.45, 2.75) is 55.6 Å². The molecule has 1 fully saturated rings. The first-order valence-electron chi connectivity index (χ1n) is 13.8. The molecule has 0 atom stereocenters. The molecule has 1 saturated carbocycles. The molecule has 274 valence electrons. The van der Waals surface area contributed by atoms with Gasteiger partial charge in [0.2, 0.25) is 0 Å². The Morgan fingerprint density at radius 2 is 1.57 bits per heavy atom. The van der Waals surface area contributed by atoms with Crippen LogP contribution in [-0.4, -0.2) is 68.6 Å². The fourth-order valence-corrected chi connectivity index (χ4v) is 5.14. The molecule has 51 heavy (non-hydrogen) atoms. The molecule has 2 aromatic carbocycles. The van der Waals surface area contributed by atoms with E-state index in [1.807, 2.05) is 6.07 Å². The minimum Gasteiger partial charge on any atom is -0.481 e. The van der Waals surface area contributed by atoms with Crippen LogP contribution in [0.3, 0.4) is 0 Å². The predicted octanol–water partition coefficient (Wildman–Crippen LogP) is 7.90. The number of amides is 1. The number of rotatable bonds is 11. The predicted molar refractivity (Wildman–Crippen MR) is 152 cm³/mol. The lowest BCUT2D eigenvalue weighted by atomic mass is 9.93. The molecule has 22 heteroatoms. The van der Waals surface area contributed by atoms with E-state index >= 15 is 0 Å². The highest BCUT2D eigenvalue weighted by Gasteiger charge is 2.73. The Morgan fingerprint density at radius 3 is 2.10 bits per heavy atom. The van der Waals surface area contributed by atoms with Crippen molar-refractivity contribution < 1.29 is 72.9 Å². The Kier molecular flexibility index (Phi) is 10.5. The number of hydrogen-bond donors (Lipinski definition) is 1. The van der Waals surface area contributed by atoms with Crippen molar-refractivity contribution in [2.24, 2.45) is 0 Å². The fourth-order valence-electron chi connectivity index (χ4n) is 4.65. The van der Waals surface area contributed by atoms with Gasteiger partial charge in [-0.25, -0.2) is 9.07 Å². The fraction of sp³-hybridized carbons (Fsp3) is 0.345. The van der Waals surface area contributed by atoms with Crippen LogP contribution in [0.1, 0.15) is 41.6 Å².